The molecule has 0 aliphatic heterocycles. The van der Waals surface area contributed by atoms with Gasteiger partial charge in [-0.2, -0.15) is 0 Å². The van der Waals surface area contributed by atoms with E-state index < -0.39 is 0 Å². The van der Waals surface area contributed by atoms with Crippen molar-refractivity contribution in [3.05, 3.63) is 59.1 Å². The van der Waals surface area contributed by atoms with Gasteiger partial charge in [0.1, 0.15) is 11.5 Å². The third-order valence-electron chi connectivity index (χ3n) is 2.15. The van der Waals surface area contributed by atoms with Crippen LogP contribution in [0.1, 0.15) is 5.56 Å². The first-order valence-corrected chi connectivity index (χ1v) is 5.29. The average molecular weight is 235 g/mol. The molecule has 2 aromatic carbocycles. The van der Waals surface area contributed by atoms with E-state index in [2.05, 4.69) is 0 Å². The molecule has 0 unspecified atom stereocenters. The second kappa shape index (κ2) is 5.01. The Hall–Kier alpha value is -1.51. The van der Waals surface area contributed by atoms with Gasteiger partial charge in [-0.25, -0.2) is 0 Å². The lowest BCUT2D eigenvalue weighted by Gasteiger charge is -2.07. The summed E-state index contributed by atoms with van der Waals surface area (Å²) in [5.41, 5.74) is 0.810. The third-order valence-corrected chi connectivity index (χ3v) is 2.46. The van der Waals surface area contributed by atoms with Crippen molar-refractivity contribution in [1.29, 1.82) is 0 Å². The number of aliphatic hydroxyl groups is 1. The number of benzene rings is 2. The molecule has 2 aromatic rings. The summed E-state index contributed by atoms with van der Waals surface area (Å²) in [4.78, 5) is 0. The van der Waals surface area contributed by atoms with E-state index in [9.17, 15) is 0 Å². The van der Waals surface area contributed by atoms with Gasteiger partial charge in [-0.3, -0.25) is 0 Å². The van der Waals surface area contributed by atoms with Crippen LogP contribution >= 0.6 is 11.6 Å². The number of para-hydroxylation sites is 1. The molecule has 2 nitrogen and oxygen atoms in total. The molecule has 0 radical (unpaired) electrons. The van der Waals surface area contributed by atoms with E-state index in [0.717, 1.165) is 5.56 Å². The summed E-state index contributed by atoms with van der Waals surface area (Å²) in [6, 6.07) is 14.5. The van der Waals surface area contributed by atoms with Crippen LogP contribution in [-0.4, -0.2) is 5.11 Å². The zero-order chi connectivity index (χ0) is 11.4. The highest BCUT2D eigenvalue weighted by Gasteiger charge is 2.02. The lowest BCUT2D eigenvalue weighted by atomic mass is 10.2. The highest BCUT2D eigenvalue weighted by atomic mass is 35.5. The van der Waals surface area contributed by atoms with Crippen LogP contribution in [0, 0.1) is 0 Å². The summed E-state index contributed by atoms with van der Waals surface area (Å²) in [6.07, 6.45) is 0. The summed E-state index contributed by atoms with van der Waals surface area (Å²) in [7, 11) is 0. The summed E-state index contributed by atoms with van der Waals surface area (Å²) >= 11 is 5.97. The quantitative estimate of drug-likeness (QED) is 0.879. The van der Waals surface area contributed by atoms with E-state index in [1.54, 1.807) is 18.2 Å². The molecule has 0 bridgehead atoms. The monoisotopic (exact) mass is 234 g/mol. The van der Waals surface area contributed by atoms with Crippen LogP contribution in [0.25, 0.3) is 0 Å². The first kappa shape index (κ1) is 11.0. The second-order valence-corrected chi connectivity index (χ2v) is 3.75. The molecule has 16 heavy (non-hydrogen) atoms. The highest BCUT2D eigenvalue weighted by Crippen LogP contribution is 2.28. The lowest BCUT2D eigenvalue weighted by molar-refractivity contribution is 0.281. The Morgan fingerprint density at radius 3 is 2.62 bits per heavy atom. The molecule has 0 atom stereocenters. The van der Waals surface area contributed by atoms with Gasteiger partial charge in [0.25, 0.3) is 0 Å². The Morgan fingerprint density at radius 1 is 1.06 bits per heavy atom. The van der Waals surface area contributed by atoms with Crippen LogP contribution in [-0.2, 0) is 6.61 Å². The van der Waals surface area contributed by atoms with Crippen LogP contribution in [0.15, 0.2) is 48.5 Å². The SMILES string of the molecule is OCc1cccc(Oc2ccccc2Cl)c1. The van der Waals surface area contributed by atoms with E-state index >= 15 is 0 Å². The van der Waals surface area contributed by atoms with E-state index in [0.29, 0.717) is 16.5 Å². The Labute approximate surface area is 99.1 Å². The first-order chi connectivity index (χ1) is 7.79. The van der Waals surface area contributed by atoms with E-state index in [-0.39, 0.29) is 6.61 Å². The highest BCUT2D eigenvalue weighted by molar-refractivity contribution is 6.32. The predicted octanol–water partition coefficient (Wildman–Crippen LogP) is 3.62. The predicted molar refractivity (Wildman–Crippen MR) is 63.9 cm³/mol. The zero-order valence-electron chi connectivity index (χ0n) is 8.56. The summed E-state index contributed by atoms with van der Waals surface area (Å²) < 4.78 is 5.61. The molecule has 0 fully saturated rings. The zero-order valence-corrected chi connectivity index (χ0v) is 9.32. The number of aliphatic hydroxyl groups excluding tert-OH is 1. The summed E-state index contributed by atoms with van der Waals surface area (Å²) in [6.45, 7) is -0.000276. The van der Waals surface area contributed by atoms with E-state index in [1.165, 1.54) is 0 Å². The van der Waals surface area contributed by atoms with Crippen molar-refractivity contribution in [2.75, 3.05) is 0 Å². The van der Waals surface area contributed by atoms with Gasteiger partial charge in [0.05, 0.1) is 11.6 Å². The molecule has 0 spiro atoms. The fraction of sp³-hybridized carbons (Fsp3) is 0.0769. The van der Waals surface area contributed by atoms with Gasteiger partial charge in [-0.05, 0) is 29.8 Å². The van der Waals surface area contributed by atoms with Crippen molar-refractivity contribution >= 4 is 11.6 Å². The molecule has 0 aliphatic carbocycles. The maximum Gasteiger partial charge on any atom is 0.146 e. The molecule has 0 aromatic heterocycles. The summed E-state index contributed by atoms with van der Waals surface area (Å²) in [5.74, 6) is 1.28. The molecule has 0 saturated heterocycles. The van der Waals surface area contributed by atoms with Crippen molar-refractivity contribution in [2.45, 2.75) is 6.61 Å². The minimum absolute atomic E-state index is 0.000276. The van der Waals surface area contributed by atoms with Crippen LogP contribution in [0.5, 0.6) is 11.5 Å². The topological polar surface area (TPSA) is 29.5 Å². The van der Waals surface area contributed by atoms with Crippen LogP contribution in [0.4, 0.5) is 0 Å². The van der Waals surface area contributed by atoms with Crippen molar-refractivity contribution in [3.8, 4) is 11.5 Å². The van der Waals surface area contributed by atoms with Crippen molar-refractivity contribution in [2.24, 2.45) is 0 Å². The van der Waals surface area contributed by atoms with Gasteiger partial charge in [0.15, 0.2) is 0 Å². The molecule has 0 amide bonds. The number of ether oxygens (including phenoxy) is 1. The molecule has 82 valence electrons. The van der Waals surface area contributed by atoms with Gasteiger partial charge in [0, 0.05) is 0 Å². The number of rotatable bonds is 3. The van der Waals surface area contributed by atoms with Crippen molar-refractivity contribution in [3.63, 3.8) is 0 Å². The van der Waals surface area contributed by atoms with Crippen molar-refractivity contribution < 1.29 is 9.84 Å². The summed E-state index contributed by atoms with van der Waals surface area (Å²) in [5, 5.41) is 9.57. The number of hydrogen-bond donors (Lipinski definition) is 1. The fourth-order valence-corrected chi connectivity index (χ4v) is 1.54. The smallest absolute Gasteiger partial charge is 0.146 e. The Kier molecular flexibility index (Phi) is 3.44. The first-order valence-electron chi connectivity index (χ1n) is 4.92. The Bertz CT molecular complexity index is 483. The standard InChI is InChI=1S/C13H11ClO2/c14-12-6-1-2-7-13(12)16-11-5-3-4-10(8-11)9-15/h1-8,15H,9H2. The van der Waals surface area contributed by atoms with Gasteiger partial charge >= 0.3 is 0 Å². The molecule has 0 saturated carbocycles. The van der Waals surface area contributed by atoms with Gasteiger partial charge in [0.2, 0.25) is 0 Å². The Balaban J connectivity index is 2.24. The maximum absolute atomic E-state index is 9.00. The second-order valence-electron chi connectivity index (χ2n) is 3.34. The minimum atomic E-state index is -0.000276. The van der Waals surface area contributed by atoms with Crippen molar-refractivity contribution in [1.82, 2.24) is 0 Å². The third kappa shape index (κ3) is 2.54. The molecule has 2 rings (SSSR count). The minimum Gasteiger partial charge on any atom is -0.456 e. The molecule has 0 aliphatic rings. The molecular formula is C13H11ClO2. The van der Waals surface area contributed by atoms with Crippen LogP contribution < -0.4 is 4.74 Å². The largest absolute Gasteiger partial charge is 0.456 e. The fourth-order valence-electron chi connectivity index (χ4n) is 1.36. The molecule has 3 heteroatoms. The van der Waals surface area contributed by atoms with Crippen LogP contribution in [0.3, 0.4) is 0 Å². The normalized spacial score (nSPS) is 10.1. The molecule has 0 heterocycles. The van der Waals surface area contributed by atoms with Gasteiger partial charge in [-0.1, -0.05) is 35.9 Å². The average Bonchev–Trinajstić information content (AvgIpc) is 2.32. The Morgan fingerprint density at radius 2 is 1.88 bits per heavy atom. The number of hydrogen-bond acceptors (Lipinski definition) is 2. The molecule has 1 N–H and O–H groups in total. The van der Waals surface area contributed by atoms with Crippen LogP contribution in [0.2, 0.25) is 5.02 Å². The van der Waals surface area contributed by atoms with E-state index in [1.807, 2.05) is 30.3 Å². The lowest BCUT2D eigenvalue weighted by Crippen LogP contribution is -1.87. The van der Waals surface area contributed by atoms with Gasteiger partial charge < -0.3 is 9.84 Å². The van der Waals surface area contributed by atoms with E-state index in [4.69, 9.17) is 21.4 Å². The maximum atomic E-state index is 9.00. The van der Waals surface area contributed by atoms with Gasteiger partial charge in [-0.15, -0.1) is 0 Å². The molecular weight excluding hydrogens is 224 g/mol. The number of halogens is 1.